The molecule has 20 heavy (non-hydrogen) atoms. The minimum Gasteiger partial charge on any atom is -0.315 e. The highest BCUT2D eigenvalue weighted by Gasteiger charge is 2.24. The molecule has 0 saturated carbocycles. The predicted molar refractivity (Wildman–Crippen MR) is 87.1 cm³/mol. The van der Waals surface area contributed by atoms with E-state index in [-0.39, 0.29) is 0 Å². The Hall–Kier alpha value is -0.860. The summed E-state index contributed by atoms with van der Waals surface area (Å²) in [7, 11) is 0. The molecule has 1 N–H and O–H groups in total. The molecule has 1 aromatic carbocycles. The number of hydrogen-bond donors (Lipinski definition) is 1. The predicted octanol–water partition coefficient (Wildman–Crippen LogP) is 3.51. The molecule has 112 valence electrons. The average molecular weight is 274 g/mol. The molecule has 0 aliphatic carbocycles. The zero-order valence-corrected chi connectivity index (χ0v) is 13.6. The van der Waals surface area contributed by atoms with Gasteiger partial charge in [0.15, 0.2) is 0 Å². The van der Waals surface area contributed by atoms with Crippen LogP contribution < -0.4 is 5.32 Å². The Morgan fingerprint density at radius 2 is 1.90 bits per heavy atom. The zero-order chi connectivity index (χ0) is 14.5. The average Bonchev–Trinajstić information content (AvgIpc) is 2.75. The monoisotopic (exact) mass is 274 g/mol. The van der Waals surface area contributed by atoms with E-state index in [1.54, 1.807) is 0 Å². The summed E-state index contributed by atoms with van der Waals surface area (Å²) >= 11 is 0. The van der Waals surface area contributed by atoms with Crippen molar-refractivity contribution in [3.63, 3.8) is 0 Å². The molecular formula is C18H30N2. The van der Waals surface area contributed by atoms with Crippen LogP contribution in [0.25, 0.3) is 0 Å². The van der Waals surface area contributed by atoms with Crippen molar-refractivity contribution in [3.8, 4) is 0 Å². The van der Waals surface area contributed by atoms with Gasteiger partial charge in [-0.3, -0.25) is 4.90 Å². The highest BCUT2D eigenvalue weighted by molar-refractivity contribution is 5.28. The molecule has 0 spiro atoms. The van der Waals surface area contributed by atoms with Crippen molar-refractivity contribution in [2.24, 2.45) is 5.92 Å². The first-order valence-electron chi connectivity index (χ1n) is 8.06. The first kappa shape index (κ1) is 15.5. The molecule has 1 aliphatic heterocycles. The summed E-state index contributed by atoms with van der Waals surface area (Å²) in [5, 5.41) is 3.62. The molecule has 1 aliphatic rings. The summed E-state index contributed by atoms with van der Waals surface area (Å²) in [6, 6.07) is 7.65. The van der Waals surface area contributed by atoms with Gasteiger partial charge in [0, 0.05) is 19.1 Å². The molecule has 2 rings (SSSR count). The van der Waals surface area contributed by atoms with Gasteiger partial charge in [-0.2, -0.15) is 0 Å². The van der Waals surface area contributed by atoms with Crippen LogP contribution in [0.2, 0.25) is 0 Å². The van der Waals surface area contributed by atoms with Gasteiger partial charge in [-0.1, -0.05) is 43.2 Å². The van der Waals surface area contributed by atoms with E-state index in [0.29, 0.717) is 0 Å². The fourth-order valence-corrected chi connectivity index (χ4v) is 3.27. The number of nitrogens with one attached hydrogen (secondary N) is 1. The van der Waals surface area contributed by atoms with E-state index in [1.807, 2.05) is 0 Å². The van der Waals surface area contributed by atoms with E-state index in [9.17, 15) is 0 Å². The van der Waals surface area contributed by atoms with E-state index in [4.69, 9.17) is 0 Å². The molecular weight excluding hydrogens is 244 g/mol. The number of hydrogen-bond acceptors (Lipinski definition) is 2. The molecule has 0 amide bonds. The van der Waals surface area contributed by atoms with Crippen molar-refractivity contribution < 1.29 is 0 Å². The molecule has 0 aromatic heterocycles. The van der Waals surface area contributed by atoms with Crippen LogP contribution in [0.3, 0.4) is 0 Å². The number of aryl methyl sites for hydroxylation is 2. The summed E-state index contributed by atoms with van der Waals surface area (Å²) < 4.78 is 0. The lowest BCUT2D eigenvalue weighted by atomic mass is 10.1. The Morgan fingerprint density at radius 3 is 2.55 bits per heavy atom. The molecule has 1 heterocycles. The normalized spacial score (nSPS) is 19.9. The van der Waals surface area contributed by atoms with Gasteiger partial charge in [0.2, 0.25) is 0 Å². The van der Waals surface area contributed by atoms with Crippen LogP contribution in [-0.2, 0) is 6.54 Å². The lowest BCUT2D eigenvalue weighted by molar-refractivity contribution is 0.237. The molecule has 1 unspecified atom stereocenters. The number of benzene rings is 1. The molecule has 0 radical (unpaired) electrons. The van der Waals surface area contributed by atoms with Gasteiger partial charge in [0.05, 0.1) is 0 Å². The molecule has 1 atom stereocenters. The molecule has 2 heteroatoms. The second-order valence-electron chi connectivity index (χ2n) is 6.81. The third kappa shape index (κ3) is 4.60. The van der Waals surface area contributed by atoms with Gasteiger partial charge in [0.25, 0.3) is 0 Å². The maximum absolute atomic E-state index is 3.62. The zero-order valence-electron chi connectivity index (χ0n) is 13.6. The van der Waals surface area contributed by atoms with Crippen LogP contribution in [-0.4, -0.2) is 30.6 Å². The molecule has 0 bridgehead atoms. The van der Waals surface area contributed by atoms with E-state index in [2.05, 4.69) is 56.1 Å². The lowest BCUT2D eigenvalue weighted by Gasteiger charge is -2.25. The van der Waals surface area contributed by atoms with Crippen LogP contribution in [0.15, 0.2) is 18.2 Å². The van der Waals surface area contributed by atoms with Crippen molar-refractivity contribution in [1.29, 1.82) is 0 Å². The smallest absolute Gasteiger partial charge is 0.0237 e. The topological polar surface area (TPSA) is 15.3 Å². The van der Waals surface area contributed by atoms with Crippen molar-refractivity contribution in [3.05, 3.63) is 34.9 Å². The van der Waals surface area contributed by atoms with Gasteiger partial charge < -0.3 is 5.32 Å². The van der Waals surface area contributed by atoms with Crippen molar-refractivity contribution in [1.82, 2.24) is 10.2 Å². The summed E-state index contributed by atoms with van der Waals surface area (Å²) in [6.07, 6.45) is 2.69. The standard InChI is InChI=1S/C18H30N2/c1-14(2)11-19-12-18-6-5-7-20(18)13-17-9-15(3)8-16(4)10-17/h8-10,14,18-19H,5-7,11-13H2,1-4H3. The Labute approximate surface area is 124 Å². The number of nitrogens with zero attached hydrogens (tertiary/aromatic N) is 1. The summed E-state index contributed by atoms with van der Waals surface area (Å²) in [5.74, 6) is 0.740. The molecule has 1 aromatic rings. The third-order valence-electron chi connectivity index (χ3n) is 4.10. The van der Waals surface area contributed by atoms with Crippen molar-refractivity contribution in [2.45, 2.75) is 53.1 Å². The summed E-state index contributed by atoms with van der Waals surface area (Å²) in [4.78, 5) is 2.65. The Bertz CT molecular complexity index is 405. The number of rotatable bonds is 6. The van der Waals surface area contributed by atoms with Crippen molar-refractivity contribution >= 4 is 0 Å². The van der Waals surface area contributed by atoms with Gasteiger partial charge in [-0.25, -0.2) is 0 Å². The Morgan fingerprint density at radius 1 is 1.20 bits per heavy atom. The minimum absolute atomic E-state index is 0.717. The Balaban J connectivity index is 1.90. The minimum atomic E-state index is 0.717. The summed E-state index contributed by atoms with van der Waals surface area (Å²) in [5.41, 5.74) is 4.24. The Kier molecular flexibility index (Phi) is 5.62. The van der Waals surface area contributed by atoms with E-state index < -0.39 is 0 Å². The number of likely N-dealkylation sites (tertiary alicyclic amines) is 1. The fourth-order valence-electron chi connectivity index (χ4n) is 3.27. The molecule has 1 fully saturated rings. The first-order chi connectivity index (χ1) is 9.54. The maximum Gasteiger partial charge on any atom is 0.0237 e. The second kappa shape index (κ2) is 7.24. The van der Waals surface area contributed by atoms with Gasteiger partial charge in [-0.05, 0) is 51.3 Å². The molecule has 1 saturated heterocycles. The van der Waals surface area contributed by atoms with Gasteiger partial charge in [-0.15, -0.1) is 0 Å². The van der Waals surface area contributed by atoms with E-state index >= 15 is 0 Å². The summed E-state index contributed by atoms with van der Waals surface area (Å²) in [6.45, 7) is 13.6. The second-order valence-corrected chi connectivity index (χ2v) is 6.81. The lowest BCUT2D eigenvalue weighted by Crippen LogP contribution is -2.38. The van der Waals surface area contributed by atoms with Crippen molar-refractivity contribution in [2.75, 3.05) is 19.6 Å². The fraction of sp³-hybridized carbons (Fsp3) is 0.667. The van der Waals surface area contributed by atoms with Gasteiger partial charge in [0.1, 0.15) is 0 Å². The van der Waals surface area contributed by atoms with Crippen LogP contribution in [0, 0.1) is 19.8 Å². The van der Waals surface area contributed by atoms with Crippen LogP contribution in [0.1, 0.15) is 43.4 Å². The SMILES string of the molecule is Cc1cc(C)cc(CN2CCCC2CNCC(C)C)c1. The largest absolute Gasteiger partial charge is 0.315 e. The van der Waals surface area contributed by atoms with E-state index in [0.717, 1.165) is 31.6 Å². The highest BCUT2D eigenvalue weighted by Crippen LogP contribution is 2.20. The van der Waals surface area contributed by atoms with Crippen LogP contribution in [0.4, 0.5) is 0 Å². The molecule has 2 nitrogen and oxygen atoms in total. The highest BCUT2D eigenvalue weighted by atomic mass is 15.2. The first-order valence-corrected chi connectivity index (χ1v) is 8.06. The third-order valence-corrected chi connectivity index (χ3v) is 4.10. The quantitative estimate of drug-likeness (QED) is 0.854. The van der Waals surface area contributed by atoms with Crippen LogP contribution in [0.5, 0.6) is 0 Å². The van der Waals surface area contributed by atoms with E-state index in [1.165, 1.54) is 36.1 Å². The van der Waals surface area contributed by atoms with Gasteiger partial charge >= 0.3 is 0 Å². The van der Waals surface area contributed by atoms with Crippen LogP contribution >= 0.6 is 0 Å². The maximum atomic E-state index is 3.62.